The first-order valence-corrected chi connectivity index (χ1v) is 7.93. The molecule has 4 nitrogen and oxygen atoms in total. The fraction of sp³-hybridized carbons (Fsp3) is 0.588. The number of urea groups is 1. The molecule has 0 saturated carbocycles. The molecule has 0 bridgehead atoms. The lowest BCUT2D eigenvalue weighted by Crippen LogP contribution is -2.45. The molecule has 0 spiro atoms. The number of ether oxygens (including phenoxy) is 1. The van der Waals surface area contributed by atoms with Crippen LogP contribution in [0.4, 0.5) is 4.79 Å². The Hall–Kier alpha value is -1.71. The summed E-state index contributed by atoms with van der Waals surface area (Å²) < 4.78 is 5.63. The largest absolute Gasteiger partial charge is 0.492 e. The molecular formula is C17H26N2O2. The highest BCUT2D eigenvalue weighted by Gasteiger charge is 2.19. The third-order valence-electron chi connectivity index (χ3n) is 4.05. The van der Waals surface area contributed by atoms with Gasteiger partial charge in [0.25, 0.3) is 0 Å². The van der Waals surface area contributed by atoms with Crippen molar-refractivity contribution >= 4 is 6.03 Å². The molecular weight excluding hydrogens is 264 g/mol. The third-order valence-corrected chi connectivity index (χ3v) is 4.05. The van der Waals surface area contributed by atoms with Gasteiger partial charge in [-0.15, -0.1) is 0 Å². The summed E-state index contributed by atoms with van der Waals surface area (Å²) in [6.07, 6.45) is 3.24. The van der Waals surface area contributed by atoms with E-state index in [1.807, 2.05) is 17.0 Å². The molecule has 0 radical (unpaired) electrons. The van der Waals surface area contributed by atoms with Gasteiger partial charge < -0.3 is 15.0 Å². The van der Waals surface area contributed by atoms with E-state index in [9.17, 15) is 4.79 Å². The molecule has 1 aliphatic heterocycles. The smallest absolute Gasteiger partial charge is 0.317 e. The minimum Gasteiger partial charge on any atom is -0.492 e. The number of rotatable bonds is 5. The molecule has 0 unspecified atom stereocenters. The van der Waals surface area contributed by atoms with Crippen LogP contribution in [0.1, 0.15) is 32.3 Å². The van der Waals surface area contributed by atoms with E-state index in [0.717, 1.165) is 44.0 Å². The number of aryl methyl sites for hydroxylation is 1. The number of hydrogen-bond acceptors (Lipinski definition) is 2. The van der Waals surface area contributed by atoms with Gasteiger partial charge in [0.2, 0.25) is 0 Å². The van der Waals surface area contributed by atoms with E-state index in [1.165, 1.54) is 5.56 Å². The molecule has 0 aromatic heterocycles. The van der Waals surface area contributed by atoms with Gasteiger partial charge in [0, 0.05) is 13.1 Å². The predicted molar refractivity (Wildman–Crippen MR) is 84.7 cm³/mol. The predicted octanol–water partition coefficient (Wildman–Crippen LogP) is 3.07. The van der Waals surface area contributed by atoms with Crippen LogP contribution in [0.15, 0.2) is 24.3 Å². The van der Waals surface area contributed by atoms with Gasteiger partial charge in [-0.25, -0.2) is 4.79 Å². The second-order valence-electron chi connectivity index (χ2n) is 5.75. The molecule has 1 aromatic carbocycles. The van der Waals surface area contributed by atoms with Crippen molar-refractivity contribution in [2.24, 2.45) is 5.92 Å². The Morgan fingerprint density at radius 2 is 1.95 bits per heavy atom. The topological polar surface area (TPSA) is 41.6 Å². The first-order chi connectivity index (χ1) is 10.2. The Labute approximate surface area is 127 Å². The monoisotopic (exact) mass is 290 g/mol. The summed E-state index contributed by atoms with van der Waals surface area (Å²) in [7, 11) is 0. The quantitative estimate of drug-likeness (QED) is 0.847. The number of nitrogens with zero attached hydrogens (tertiary/aromatic N) is 1. The maximum absolute atomic E-state index is 12.0. The van der Waals surface area contributed by atoms with Crippen molar-refractivity contribution in [3.8, 4) is 5.75 Å². The van der Waals surface area contributed by atoms with Crippen molar-refractivity contribution in [3.05, 3.63) is 29.8 Å². The molecule has 1 saturated heterocycles. The number of benzene rings is 1. The second-order valence-corrected chi connectivity index (χ2v) is 5.75. The molecule has 1 fully saturated rings. The third kappa shape index (κ3) is 4.96. The van der Waals surface area contributed by atoms with E-state index in [2.05, 4.69) is 31.3 Å². The van der Waals surface area contributed by atoms with Crippen LogP contribution in [0, 0.1) is 5.92 Å². The Morgan fingerprint density at radius 1 is 1.29 bits per heavy atom. The highest BCUT2D eigenvalue weighted by molar-refractivity contribution is 5.74. The van der Waals surface area contributed by atoms with E-state index in [4.69, 9.17) is 4.74 Å². The Kier molecular flexibility index (Phi) is 5.90. The zero-order valence-corrected chi connectivity index (χ0v) is 13.1. The highest BCUT2D eigenvalue weighted by Crippen LogP contribution is 2.15. The lowest BCUT2D eigenvalue weighted by molar-refractivity contribution is 0.172. The van der Waals surface area contributed by atoms with Crippen molar-refractivity contribution in [1.82, 2.24) is 10.2 Å². The van der Waals surface area contributed by atoms with E-state index in [-0.39, 0.29) is 6.03 Å². The molecule has 1 aromatic rings. The van der Waals surface area contributed by atoms with Gasteiger partial charge in [0.1, 0.15) is 12.4 Å². The fourth-order valence-corrected chi connectivity index (χ4v) is 2.47. The highest BCUT2D eigenvalue weighted by atomic mass is 16.5. The van der Waals surface area contributed by atoms with Crippen LogP contribution in [-0.2, 0) is 6.42 Å². The SMILES string of the molecule is CCc1ccc(OCCNC(=O)N2CCC(C)CC2)cc1. The number of piperidine rings is 1. The summed E-state index contributed by atoms with van der Waals surface area (Å²) in [5.41, 5.74) is 1.30. The molecule has 1 aliphatic rings. The van der Waals surface area contributed by atoms with E-state index in [0.29, 0.717) is 13.2 Å². The number of nitrogens with one attached hydrogen (secondary N) is 1. The Balaban J connectivity index is 1.63. The molecule has 21 heavy (non-hydrogen) atoms. The van der Waals surface area contributed by atoms with Crippen LogP contribution in [-0.4, -0.2) is 37.2 Å². The molecule has 2 amide bonds. The summed E-state index contributed by atoms with van der Waals surface area (Å²) in [6.45, 7) is 7.15. The molecule has 0 aliphatic carbocycles. The zero-order valence-electron chi connectivity index (χ0n) is 13.1. The maximum Gasteiger partial charge on any atom is 0.317 e. The van der Waals surface area contributed by atoms with E-state index >= 15 is 0 Å². The van der Waals surface area contributed by atoms with E-state index < -0.39 is 0 Å². The van der Waals surface area contributed by atoms with Crippen molar-refractivity contribution in [3.63, 3.8) is 0 Å². The summed E-state index contributed by atoms with van der Waals surface area (Å²) in [4.78, 5) is 13.9. The molecule has 2 rings (SSSR count). The summed E-state index contributed by atoms with van der Waals surface area (Å²) in [5, 5.41) is 2.92. The van der Waals surface area contributed by atoms with Crippen molar-refractivity contribution < 1.29 is 9.53 Å². The van der Waals surface area contributed by atoms with Crippen molar-refractivity contribution in [1.29, 1.82) is 0 Å². The molecule has 1 N–H and O–H groups in total. The van der Waals surface area contributed by atoms with Gasteiger partial charge >= 0.3 is 6.03 Å². The van der Waals surface area contributed by atoms with Crippen molar-refractivity contribution in [2.45, 2.75) is 33.1 Å². The van der Waals surface area contributed by atoms with Gasteiger partial charge in [-0.1, -0.05) is 26.0 Å². The molecule has 4 heteroatoms. The first kappa shape index (κ1) is 15.7. The molecule has 116 valence electrons. The minimum atomic E-state index is 0.0341. The molecule has 1 heterocycles. The number of amides is 2. The second kappa shape index (κ2) is 7.91. The van der Waals surface area contributed by atoms with Crippen LogP contribution in [0.3, 0.4) is 0 Å². The van der Waals surface area contributed by atoms with Crippen LogP contribution in [0.5, 0.6) is 5.75 Å². The normalized spacial score (nSPS) is 15.8. The van der Waals surface area contributed by atoms with Crippen LogP contribution < -0.4 is 10.1 Å². The number of carbonyl (C=O) groups excluding carboxylic acids is 1. The maximum atomic E-state index is 12.0. The summed E-state index contributed by atoms with van der Waals surface area (Å²) in [6, 6.07) is 8.14. The average molecular weight is 290 g/mol. The van der Waals surface area contributed by atoms with E-state index in [1.54, 1.807) is 0 Å². The zero-order chi connectivity index (χ0) is 15.1. The van der Waals surface area contributed by atoms with Crippen LogP contribution in [0.25, 0.3) is 0 Å². The molecule has 0 atom stereocenters. The minimum absolute atomic E-state index is 0.0341. The lowest BCUT2D eigenvalue weighted by atomic mass is 10.00. The Morgan fingerprint density at radius 3 is 2.57 bits per heavy atom. The van der Waals surface area contributed by atoms with Gasteiger partial charge in [-0.05, 0) is 42.9 Å². The number of likely N-dealkylation sites (tertiary alicyclic amines) is 1. The first-order valence-electron chi connectivity index (χ1n) is 7.93. The Bertz CT molecular complexity index is 437. The average Bonchev–Trinajstić information content (AvgIpc) is 2.52. The summed E-state index contributed by atoms with van der Waals surface area (Å²) in [5.74, 6) is 1.59. The van der Waals surface area contributed by atoms with Crippen LogP contribution in [0.2, 0.25) is 0 Å². The van der Waals surface area contributed by atoms with Gasteiger partial charge in [0.15, 0.2) is 0 Å². The summed E-state index contributed by atoms with van der Waals surface area (Å²) >= 11 is 0. The van der Waals surface area contributed by atoms with Gasteiger partial charge in [-0.2, -0.15) is 0 Å². The number of hydrogen-bond donors (Lipinski definition) is 1. The van der Waals surface area contributed by atoms with Gasteiger partial charge in [-0.3, -0.25) is 0 Å². The number of carbonyl (C=O) groups is 1. The standard InChI is InChI=1S/C17H26N2O2/c1-3-15-4-6-16(7-5-15)21-13-10-18-17(20)19-11-8-14(2)9-12-19/h4-7,14H,3,8-13H2,1-2H3,(H,18,20). The fourth-order valence-electron chi connectivity index (χ4n) is 2.47. The van der Waals surface area contributed by atoms with Gasteiger partial charge in [0.05, 0.1) is 6.54 Å². The van der Waals surface area contributed by atoms with Crippen molar-refractivity contribution in [2.75, 3.05) is 26.2 Å². The lowest BCUT2D eigenvalue weighted by Gasteiger charge is -2.30. The van der Waals surface area contributed by atoms with Crippen LogP contribution >= 0.6 is 0 Å².